The summed E-state index contributed by atoms with van der Waals surface area (Å²) >= 11 is 0. The molecule has 1 aliphatic rings. The number of rotatable bonds is 2. The van der Waals surface area contributed by atoms with Crippen LogP contribution in [0.1, 0.15) is 25.3 Å². The topological polar surface area (TPSA) is 38.3 Å². The molecule has 15 heavy (non-hydrogen) atoms. The number of benzene rings is 1. The van der Waals surface area contributed by atoms with Crippen molar-refractivity contribution in [3.05, 3.63) is 23.8 Å². The third-order valence-electron chi connectivity index (χ3n) is 2.52. The number of fused-ring (bicyclic) bond motifs is 1. The smallest absolute Gasteiger partial charge is 0.224 e. The van der Waals surface area contributed by atoms with Crippen molar-refractivity contribution in [3.63, 3.8) is 0 Å². The molecule has 0 aliphatic carbocycles. The van der Waals surface area contributed by atoms with Crippen LogP contribution in [0, 0.1) is 0 Å². The van der Waals surface area contributed by atoms with Gasteiger partial charge in [0.1, 0.15) is 5.75 Å². The fourth-order valence-corrected chi connectivity index (χ4v) is 1.80. The molecule has 1 aliphatic heterocycles. The van der Waals surface area contributed by atoms with E-state index in [0.717, 1.165) is 24.3 Å². The summed E-state index contributed by atoms with van der Waals surface area (Å²) in [6.45, 7) is 2.59. The zero-order chi connectivity index (χ0) is 10.7. The van der Waals surface area contributed by atoms with Crippen molar-refractivity contribution in [2.45, 2.75) is 26.2 Å². The van der Waals surface area contributed by atoms with E-state index in [-0.39, 0.29) is 5.91 Å². The van der Waals surface area contributed by atoms with Gasteiger partial charge in [-0.15, -0.1) is 0 Å². The van der Waals surface area contributed by atoms with Crippen molar-refractivity contribution < 1.29 is 9.53 Å². The molecule has 3 nitrogen and oxygen atoms in total. The summed E-state index contributed by atoms with van der Waals surface area (Å²) in [5.74, 6) is 0.917. The van der Waals surface area contributed by atoms with Crippen molar-refractivity contribution in [3.8, 4) is 5.75 Å². The van der Waals surface area contributed by atoms with E-state index < -0.39 is 0 Å². The molecule has 0 bridgehead atoms. The molecule has 1 N–H and O–H groups in total. The molecule has 0 atom stereocenters. The van der Waals surface area contributed by atoms with Crippen LogP contribution in [0.4, 0.5) is 5.69 Å². The van der Waals surface area contributed by atoms with Gasteiger partial charge in [-0.25, -0.2) is 0 Å². The second kappa shape index (κ2) is 4.34. The predicted molar refractivity (Wildman–Crippen MR) is 59.2 cm³/mol. The van der Waals surface area contributed by atoms with Crippen molar-refractivity contribution in [1.82, 2.24) is 0 Å². The summed E-state index contributed by atoms with van der Waals surface area (Å²) in [4.78, 5) is 11.4. The molecule has 1 heterocycles. The highest BCUT2D eigenvalue weighted by Gasteiger charge is 2.12. The molecule has 1 aromatic carbocycles. The van der Waals surface area contributed by atoms with Crippen molar-refractivity contribution in [2.24, 2.45) is 0 Å². The minimum atomic E-state index is 0.0994. The number of hydrogen-bond acceptors (Lipinski definition) is 2. The molecule has 0 saturated carbocycles. The number of amides is 1. The maximum atomic E-state index is 11.4. The molecule has 3 heteroatoms. The largest absolute Gasteiger partial charge is 0.494 e. The first-order chi connectivity index (χ1) is 7.29. The number of aryl methyl sites for hydroxylation is 1. The van der Waals surface area contributed by atoms with Gasteiger partial charge in [-0.2, -0.15) is 0 Å². The van der Waals surface area contributed by atoms with Crippen molar-refractivity contribution in [2.75, 3.05) is 11.9 Å². The summed E-state index contributed by atoms with van der Waals surface area (Å²) < 4.78 is 5.40. The monoisotopic (exact) mass is 205 g/mol. The van der Waals surface area contributed by atoms with Crippen molar-refractivity contribution >= 4 is 11.6 Å². The van der Waals surface area contributed by atoms with Crippen LogP contribution in [-0.4, -0.2) is 12.5 Å². The first kappa shape index (κ1) is 10.0. The summed E-state index contributed by atoms with van der Waals surface area (Å²) in [5, 5.41) is 2.90. The molecule has 2 rings (SSSR count). The van der Waals surface area contributed by atoms with E-state index in [2.05, 4.69) is 5.32 Å². The quantitative estimate of drug-likeness (QED) is 0.804. The van der Waals surface area contributed by atoms with Crippen LogP contribution in [0.3, 0.4) is 0 Å². The third-order valence-corrected chi connectivity index (χ3v) is 2.52. The van der Waals surface area contributed by atoms with Crippen molar-refractivity contribution in [1.29, 1.82) is 0 Å². The normalized spacial score (nSPS) is 15.1. The van der Waals surface area contributed by atoms with Gasteiger partial charge in [0.05, 0.1) is 6.61 Å². The number of carbonyl (C=O) groups is 1. The average Bonchev–Trinajstić information content (AvgIpc) is 2.38. The highest BCUT2D eigenvalue weighted by atomic mass is 16.5. The van der Waals surface area contributed by atoms with Crippen LogP contribution < -0.4 is 10.1 Å². The van der Waals surface area contributed by atoms with Crippen LogP contribution >= 0.6 is 0 Å². The Labute approximate surface area is 89.4 Å². The Morgan fingerprint density at radius 3 is 3.07 bits per heavy atom. The standard InChI is InChI=1S/C12H15NO2/c1-2-15-10-7-6-9-4-3-5-12(14)13-11(9)8-10/h6-8H,2-5H2,1H3,(H,13,14). The molecule has 0 radical (unpaired) electrons. The maximum absolute atomic E-state index is 11.4. The zero-order valence-electron chi connectivity index (χ0n) is 8.88. The highest BCUT2D eigenvalue weighted by Crippen LogP contribution is 2.26. The average molecular weight is 205 g/mol. The second-order valence-corrected chi connectivity index (χ2v) is 3.65. The SMILES string of the molecule is CCOc1ccc2c(c1)NC(=O)CCC2. The molecule has 0 aromatic heterocycles. The van der Waals surface area contributed by atoms with Crippen LogP contribution in [0.25, 0.3) is 0 Å². The van der Waals surface area contributed by atoms with Gasteiger partial charge in [0, 0.05) is 18.2 Å². The molecule has 1 aromatic rings. The first-order valence-corrected chi connectivity index (χ1v) is 5.35. The Hall–Kier alpha value is -1.51. The molecular weight excluding hydrogens is 190 g/mol. The summed E-state index contributed by atoms with van der Waals surface area (Å²) in [6, 6.07) is 5.90. The van der Waals surface area contributed by atoms with Crippen LogP contribution in [-0.2, 0) is 11.2 Å². The lowest BCUT2D eigenvalue weighted by Gasteiger charge is -2.09. The Morgan fingerprint density at radius 2 is 2.27 bits per heavy atom. The number of nitrogens with one attached hydrogen (secondary N) is 1. The van der Waals surface area contributed by atoms with Gasteiger partial charge < -0.3 is 10.1 Å². The molecule has 1 amide bonds. The van der Waals surface area contributed by atoms with Gasteiger partial charge in [0.2, 0.25) is 5.91 Å². The van der Waals surface area contributed by atoms with E-state index in [1.807, 2.05) is 25.1 Å². The van der Waals surface area contributed by atoms with Gasteiger partial charge in [0.25, 0.3) is 0 Å². The number of ether oxygens (including phenoxy) is 1. The lowest BCUT2D eigenvalue weighted by molar-refractivity contribution is -0.116. The van der Waals surface area contributed by atoms with Crippen LogP contribution in [0.5, 0.6) is 5.75 Å². The van der Waals surface area contributed by atoms with Crippen LogP contribution in [0.2, 0.25) is 0 Å². The van der Waals surface area contributed by atoms with Gasteiger partial charge in [-0.1, -0.05) is 6.07 Å². The zero-order valence-corrected chi connectivity index (χ0v) is 8.88. The Balaban J connectivity index is 2.28. The number of anilines is 1. The Bertz CT molecular complexity index is 374. The maximum Gasteiger partial charge on any atom is 0.224 e. The van der Waals surface area contributed by atoms with Crippen LogP contribution in [0.15, 0.2) is 18.2 Å². The number of carbonyl (C=O) groups excluding carboxylic acids is 1. The number of hydrogen-bond donors (Lipinski definition) is 1. The van der Waals surface area contributed by atoms with Gasteiger partial charge in [-0.05, 0) is 31.4 Å². The van der Waals surface area contributed by atoms with E-state index in [1.165, 1.54) is 5.56 Å². The third kappa shape index (κ3) is 2.29. The molecule has 0 unspecified atom stereocenters. The van der Waals surface area contributed by atoms with Gasteiger partial charge in [-0.3, -0.25) is 4.79 Å². The first-order valence-electron chi connectivity index (χ1n) is 5.35. The fourth-order valence-electron chi connectivity index (χ4n) is 1.80. The van der Waals surface area contributed by atoms with E-state index in [4.69, 9.17) is 4.74 Å². The van der Waals surface area contributed by atoms with E-state index in [1.54, 1.807) is 0 Å². The fraction of sp³-hybridized carbons (Fsp3) is 0.417. The lowest BCUT2D eigenvalue weighted by atomic mass is 10.1. The second-order valence-electron chi connectivity index (χ2n) is 3.65. The predicted octanol–water partition coefficient (Wildman–Crippen LogP) is 2.36. The Kier molecular flexibility index (Phi) is 2.90. The minimum absolute atomic E-state index is 0.0994. The lowest BCUT2D eigenvalue weighted by Crippen LogP contribution is -2.09. The van der Waals surface area contributed by atoms with E-state index in [0.29, 0.717) is 13.0 Å². The van der Waals surface area contributed by atoms with E-state index in [9.17, 15) is 4.79 Å². The minimum Gasteiger partial charge on any atom is -0.494 e. The summed E-state index contributed by atoms with van der Waals surface area (Å²) in [5.41, 5.74) is 2.10. The van der Waals surface area contributed by atoms with E-state index >= 15 is 0 Å². The highest BCUT2D eigenvalue weighted by molar-refractivity contribution is 5.92. The molecule has 80 valence electrons. The molecular formula is C12H15NO2. The summed E-state index contributed by atoms with van der Waals surface area (Å²) in [7, 11) is 0. The molecule has 0 saturated heterocycles. The Morgan fingerprint density at radius 1 is 1.40 bits per heavy atom. The molecule has 0 spiro atoms. The molecule has 0 fully saturated rings. The van der Waals surface area contributed by atoms with Gasteiger partial charge in [0.15, 0.2) is 0 Å². The van der Waals surface area contributed by atoms with Gasteiger partial charge >= 0.3 is 0 Å². The summed E-state index contributed by atoms with van der Waals surface area (Å²) in [6.07, 6.45) is 2.49.